The van der Waals surface area contributed by atoms with Crippen LogP contribution < -0.4 is 5.32 Å². The molecule has 0 saturated heterocycles. The summed E-state index contributed by atoms with van der Waals surface area (Å²) in [7, 11) is 0. The van der Waals surface area contributed by atoms with Crippen molar-refractivity contribution < 1.29 is 14.3 Å². The first-order valence-electron chi connectivity index (χ1n) is 7.49. The van der Waals surface area contributed by atoms with Gasteiger partial charge in [-0.3, -0.25) is 4.79 Å². The maximum atomic E-state index is 14.5. The maximum Gasteiger partial charge on any atom is 0.255 e. The van der Waals surface area contributed by atoms with E-state index in [4.69, 9.17) is 11.6 Å². The number of hydrogen-bond acceptors (Lipinski definition) is 3. The molecule has 1 aromatic heterocycles. The van der Waals surface area contributed by atoms with E-state index in [1.165, 1.54) is 41.1 Å². The van der Waals surface area contributed by atoms with Gasteiger partial charge in [0.25, 0.3) is 5.91 Å². The third-order valence-corrected chi connectivity index (χ3v) is 4.31. The summed E-state index contributed by atoms with van der Waals surface area (Å²) >= 11 is 6.10. The van der Waals surface area contributed by atoms with Gasteiger partial charge in [-0.2, -0.15) is 5.10 Å². The summed E-state index contributed by atoms with van der Waals surface area (Å²) in [5, 5.41) is 16.6. The number of nitrogens with zero attached hydrogens (tertiary/aromatic N) is 2. The number of benzene rings is 2. The second kappa shape index (κ2) is 6.57. The zero-order valence-corrected chi connectivity index (χ0v) is 14.3. The van der Waals surface area contributed by atoms with Crippen LogP contribution in [0.3, 0.4) is 0 Å². The number of amides is 1. The third kappa shape index (κ3) is 3.34. The van der Waals surface area contributed by atoms with Crippen molar-refractivity contribution in [3.05, 3.63) is 70.3 Å². The topological polar surface area (TPSA) is 67.2 Å². The number of rotatable bonds is 3. The lowest BCUT2D eigenvalue weighted by Crippen LogP contribution is -2.12. The van der Waals surface area contributed by atoms with Crippen molar-refractivity contribution in [3.63, 3.8) is 0 Å². The molecule has 2 aromatic carbocycles. The zero-order valence-electron chi connectivity index (χ0n) is 13.5. The van der Waals surface area contributed by atoms with Crippen molar-refractivity contribution in [3.8, 4) is 11.4 Å². The summed E-state index contributed by atoms with van der Waals surface area (Å²) < 4.78 is 15.9. The van der Waals surface area contributed by atoms with Gasteiger partial charge in [-0.15, -0.1) is 0 Å². The fourth-order valence-corrected chi connectivity index (χ4v) is 2.55. The van der Waals surface area contributed by atoms with E-state index in [0.717, 1.165) is 0 Å². The SMILES string of the molecule is Cc1nn(-c2ccc(NC(=O)c3ccc(O)cc3)cc2F)c(C)c1Cl. The molecule has 0 aliphatic carbocycles. The first-order valence-corrected chi connectivity index (χ1v) is 7.86. The molecule has 0 bridgehead atoms. The highest BCUT2D eigenvalue weighted by atomic mass is 35.5. The van der Waals surface area contributed by atoms with Crippen molar-refractivity contribution in [1.29, 1.82) is 0 Å². The fourth-order valence-electron chi connectivity index (χ4n) is 2.43. The number of aryl methyl sites for hydroxylation is 1. The second-order valence-corrected chi connectivity index (χ2v) is 5.94. The molecule has 0 radical (unpaired) electrons. The molecule has 0 aliphatic heterocycles. The van der Waals surface area contributed by atoms with E-state index in [9.17, 15) is 14.3 Å². The van der Waals surface area contributed by atoms with Gasteiger partial charge < -0.3 is 10.4 Å². The third-order valence-electron chi connectivity index (χ3n) is 3.77. The molecule has 25 heavy (non-hydrogen) atoms. The van der Waals surface area contributed by atoms with Gasteiger partial charge in [0.15, 0.2) is 5.82 Å². The average Bonchev–Trinajstić information content (AvgIpc) is 2.83. The van der Waals surface area contributed by atoms with Crippen LogP contribution in [0.15, 0.2) is 42.5 Å². The lowest BCUT2D eigenvalue weighted by atomic mass is 10.2. The average molecular weight is 360 g/mol. The quantitative estimate of drug-likeness (QED) is 0.735. The molecular formula is C18H15ClFN3O2. The number of carbonyl (C=O) groups excluding carboxylic acids is 1. The molecule has 7 heteroatoms. The Kier molecular flexibility index (Phi) is 4.46. The number of carbonyl (C=O) groups is 1. The zero-order chi connectivity index (χ0) is 18.1. The van der Waals surface area contributed by atoms with Crippen LogP contribution in [0.5, 0.6) is 5.75 Å². The van der Waals surface area contributed by atoms with Crippen LogP contribution in [0, 0.1) is 19.7 Å². The van der Waals surface area contributed by atoms with Crippen LogP contribution in [-0.4, -0.2) is 20.8 Å². The van der Waals surface area contributed by atoms with Gasteiger partial charge in [-0.05, 0) is 56.3 Å². The number of aromatic hydroxyl groups is 1. The molecule has 0 spiro atoms. The first kappa shape index (κ1) is 17.0. The minimum atomic E-state index is -0.536. The van der Waals surface area contributed by atoms with E-state index in [2.05, 4.69) is 10.4 Å². The van der Waals surface area contributed by atoms with Crippen molar-refractivity contribution in [2.24, 2.45) is 0 Å². The van der Waals surface area contributed by atoms with Gasteiger partial charge in [0.05, 0.1) is 16.4 Å². The molecule has 1 amide bonds. The van der Waals surface area contributed by atoms with Crippen molar-refractivity contribution >= 4 is 23.2 Å². The Bertz CT molecular complexity index is 952. The van der Waals surface area contributed by atoms with E-state index in [0.29, 0.717) is 27.7 Å². The monoisotopic (exact) mass is 359 g/mol. The number of halogens is 2. The summed E-state index contributed by atoms with van der Waals surface area (Å²) in [5.74, 6) is -0.873. The molecule has 3 aromatic rings. The lowest BCUT2D eigenvalue weighted by molar-refractivity contribution is 0.102. The van der Waals surface area contributed by atoms with Crippen LogP contribution >= 0.6 is 11.6 Å². The summed E-state index contributed by atoms with van der Waals surface area (Å²) in [5.41, 5.74) is 2.16. The van der Waals surface area contributed by atoms with E-state index < -0.39 is 11.7 Å². The van der Waals surface area contributed by atoms with Crippen LogP contribution in [0.4, 0.5) is 10.1 Å². The molecule has 0 aliphatic rings. The lowest BCUT2D eigenvalue weighted by Gasteiger charge is -2.09. The Balaban J connectivity index is 1.85. The highest BCUT2D eigenvalue weighted by Crippen LogP contribution is 2.25. The highest BCUT2D eigenvalue weighted by molar-refractivity contribution is 6.31. The molecule has 0 saturated carbocycles. The summed E-state index contributed by atoms with van der Waals surface area (Å²) in [4.78, 5) is 12.1. The largest absolute Gasteiger partial charge is 0.508 e. The summed E-state index contributed by atoms with van der Waals surface area (Å²) in [6.07, 6.45) is 0. The highest BCUT2D eigenvalue weighted by Gasteiger charge is 2.15. The van der Waals surface area contributed by atoms with E-state index in [1.807, 2.05) is 0 Å². The van der Waals surface area contributed by atoms with E-state index in [1.54, 1.807) is 19.9 Å². The maximum absolute atomic E-state index is 14.5. The van der Waals surface area contributed by atoms with Crippen molar-refractivity contribution in [2.45, 2.75) is 13.8 Å². The molecule has 5 nitrogen and oxygen atoms in total. The smallest absolute Gasteiger partial charge is 0.255 e. The molecule has 1 heterocycles. The number of phenols is 1. The number of hydrogen-bond donors (Lipinski definition) is 2. The Morgan fingerprint density at radius 2 is 1.88 bits per heavy atom. The normalized spacial score (nSPS) is 10.7. The molecular weight excluding hydrogens is 345 g/mol. The van der Waals surface area contributed by atoms with Crippen molar-refractivity contribution in [2.75, 3.05) is 5.32 Å². The van der Waals surface area contributed by atoms with Crippen molar-refractivity contribution in [1.82, 2.24) is 9.78 Å². The van der Waals surface area contributed by atoms with Crippen LogP contribution in [0.1, 0.15) is 21.7 Å². The number of aromatic nitrogens is 2. The second-order valence-electron chi connectivity index (χ2n) is 5.56. The number of phenolic OH excluding ortho intramolecular Hbond substituents is 1. The fraction of sp³-hybridized carbons (Fsp3) is 0.111. The first-order chi connectivity index (χ1) is 11.9. The molecule has 0 fully saturated rings. The van der Waals surface area contributed by atoms with Gasteiger partial charge in [0.1, 0.15) is 11.4 Å². The van der Waals surface area contributed by atoms with Gasteiger partial charge in [-0.1, -0.05) is 11.6 Å². The molecule has 3 rings (SSSR count). The standard InChI is InChI=1S/C18H15ClFN3O2/c1-10-17(19)11(2)23(22-10)16-8-5-13(9-15(16)20)21-18(25)12-3-6-14(24)7-4-12/h3-9,24H,1-2H3,(H,21,25). The predicted octanol–water partition coefficient (Wildman–Crippen LogP) is 4.24. The molecule has 2 N–H and O–H groups in total. The Hall–Kier alpha value is -2.86. The van der Waals surface area contributed by atoms with Gasteiger partial charge in [-0.25, -0.2) is 9.07 Å². The molecule has 0 unspecified atom stereocenters. The summed E-state index contributed by atoms with van der Waals surface area (Å²) in [6, 6.07) is 10.1. The number of nitrogens with one attached hydrogen (secondary N) is 1. The molecule has 128 valence electrons. The Morgan fingerprint density at radius 1 is 1.20 bits per heavy atom. The van der Waals surface area contributed by atoms with Gasteiger partial charge in [0.2, 0.25) is 0 Å². The van der Waals surface area contributed by atoms with Crippen LogP contribution in [0.2, 0.25) is 5.02 Å². The predicted molar refractivity (Wildman–Crippen MR) is 94.1 cm³/mol. The van der Waals surface area contributed by atoms with E-state index >= 15 is 0 Å². The minimum Gasteiger partial charge on any atom is -0.508 e. The Labute approximate surface area is 148 Å². The van der Waals surface area contributed by atoms with Crippen LogP contribution in [-0.2, 0) is 0 Å². The van der Waals surface area contributed by atoms with Gasteiger partial charge >= 0.3 is 0 Å². The summed E-state index contributed by atoms with van der Waals surface area (Å²) in [6.45, 7) is 3.50. The number of anilines is 1. The minimum absolute atomic E-state index is 0.0653. The molecule has 0 atom stereocenters. The van der Waals surface area contributed by atoms with Crippen LogP contribution in [0.25, 0.3) is 5.69 Å². The van der Waals surface area contributed by atoms with Gasteiger partial charge in [0, 0.05) is 11.3 Å². The van der Waals surface area contributed by atoms with E-state index in [-0.39, 0.29) is 11.4 Å². The Morgan fingerprint density at radius 3 is 2.44 bits per heavy atom.